The van der Waals surface area contributed by atoms with Crippen LogP contribution in [0.4, 0.5) is 0 Å². The van der Waals surface area contributed by atoms with Crippen molar-refractivity contribution in [1.82, 2.24) is 0 Å². The van der Waals surface area contributed by atoms with Gasteiger partial charge in [-0.1, -0.05) is 25.1 Å². The lowest BCUT2D eigenvalue weighted by Crippen LogP contribution is -2.12. The molecular weight excluding hydrogens is 182 g/mol. The van der Waals surface area contributed by atoms with Gasteiger partial charge in [0.15, 0.2) is 6.29 Å². The molecule has 0 spiro atoms. The first-order valence-corrected chi connectivity index (χ1v) is 5.07. The van der Waals surface area contributed by atoms with Crippen LogP contribution in [-0.2, 0) is 0 Å². The summed E-state index contributed by atoms with van der Waals surface area (Å²) < 4.78 is 0. The Hall–Kier alpha value is -0.800. The number of hydrogen-bond acceptors (Lipinski definition) is 3. The van der Waals surface area contributed by atoms with Crippen LogP contribution in [0.15, 0.2) is 29.2 Å². The van der Waals surface area contributed by atoms with Gasteiger partial charge in [0, 0.05) is 22.3 Å². The molecule has 1 aromatic carbocycles. The van der Waals surface area contributed by atoms with Gasteiger partial charge in [0.2, 0.25) is 0 Å². The highest BCUT2D eigenvalue weighted by atomic mass is 32.2. The standard InChI is InChI=1S/C10H13NOS/c1-8(6-11)13-10-5-3-2-4-9(10)7-12/h2-5,7-8H,6,11H2,1H3. The van der Waals surface area contributed by atoms with E-state index in [0.29, 0.717) is 11.8 Å². The molecule has 0 fully saturated rings. The van der Waals surface area contributed by atoms with E-state index in [0.717, 1.165) is 16.7 Å². The maximum Gasteiger partial charge on any atom is 0.151 e. The zero-order chi connectivity index (χ0) is 9.68. The summed E-state index contributed by atoms with van der Waals surface area (Å²) in [5.74, 6) is 0. The van der Waals surface area contributed by atoms with Crippen molar-refractivity contribution in [2.75, 3.05) is 6.54 Å². The summed E-state index contributed by atoms with van der Waals surface area (Å²) in [5.41, 5.74) is 6.25. The first kappa shape index (κ1) is 10.3. The van der Waals surface area contributed by atoms with E-state index in [1.54, 1.807) is 11.8 Å². The van der Waals surface area contributed by atoms with E-state index in [9.17, 15) is 4.79 Å². The summed E-state index contributed by atoms with van der Waals surface area (Å²) in [4.78, 5) is 11.7. The van der Waals surface area contributed by atoms with Gasteiger partial charge in [0.05, 0.1) is 0 Å². The first-order chi connectivity index (χ1) is 6.27. The molecule has 0 amide bonds. The van der Waals surface area contributed by atoms with Crippen LogP contribution in [0.3, 0.4) is 0 Å². The average Bonchev–Trinajstić information content (AvgIpc) is 2.18. The van der Waals surface area contributed by atoms with Gasteiger partial charge in [0.1, 0.15) is 0 Å². The molecule has 70 valence electrons. The molecule has 0 saturated carbocycles. The lowest BCUT2D eigenvalue weighted by atomic mass is 10.2. The topological polar surface area (TPSA) is 43.1 Å². The average molecular weight is 195 g/mol. The summed E-state index contributed by atoms with van der Waals surface area (Å²) in [7, 11) is 0. The van der Waals surface area contributed by atoms with Gasteiger partial charge in [-0.3, -0.25) is 4.79 Å². The van der Waals surface area contributed by atoms with Gasteiger partial charge in [0.25, 0.3) is 0 Å². The molecule has 0 saturated heterocycles. The van der Waals surface area contributed by atoms with Gasteiger partial charge in [-0.15, -0.1) is 11.8 Å². The molecule has 1 unspecified atom stereocenters. The number of nitrogens with two attached hydrogens (primary N) is 1. The molecule has 1 aromatic rings. The van der Waals surface area contributed by atoms with E-state index in [4.69, 9.17) is 5.73 Å². The van der Waals surface area contributed by atoms with E-state index in [2.05, 4.69) is 0 Å². The highest BCUT2D eigenvalue weighted by molar-refractivity contribution is 8.00. The number of carbonyl (C=O) groups excluding carboxylic acids is 1. The number of benzene rings is 1. The van der Waals surface area contributed by atoms with E-state index in [1.807, 2.05) is 31.2 Å². The predicted molar refractivity (Wildman–Crippen MR) is 56.2 cm³/mol. The van der Waals surface area contributed by atoms with Crippen molar-refractivity contribution >= 4 is 18.0 Å². The lowest BCUT2D eigenvalue weighted by molar-refractivity contribution is 0.112. The van der Waals surface area contributed by atoms with Gasteiger partial charge >= 0.3 is 0 Å². The zero-order valence-electron chi connectivity index (χ0n) is 7.57. The van der Waals surface area contributed by atoms with Gasteiger partial charge in [-0.2, -0.15) is 0 Å². The third kappa shape index (κ3) is 2.86. The minimum absolute atomic E-state index is 0.348. The smallest absolute Gasteiger partial charge is 0.151 e. The molecule has 1 atom stereocenters. The van der Waals surface area contributed by atoms with E-state index in [1.165, 1.54) is 0 Å². The van der Waals surface area contributed by atoms with Crippen LogP contribution in [0.5, 0.6) is 0 Å². The Labute approximate surface area is 82.5 Å². The SMILES string of the molecule is CC(CN)Sc1ccccc1C=O. The maximum atomic E-state index is 10.7. The van der Waals surface area contributed by atoms with Crippen molar-refractivity contribution in [1.29, 1.82) is 0 Å². The number of rotatable bonds is 4. The molecule has 0 aromatic heterocycles. The van der Waals surface area contributed by atoms with Gasteiger partial charge in [-0.05, 0) is 6.07 Å². The Balaban J connectivity index is 2.80. The predicted octanol–water partition coefficient (Wildman–Crippen LogP) is 1.94. The number of carbonyl (C=O) groups is 1. The molecule has 0 radical (unpaired) electrons. The maximum absolute atomic E-state index is 10.7. The Morgan fingerprint density at radius 3 is 2.85 bits per heavy atom. The third-order valence-corrected chi connectivity index (χ3v) is 2.93. The summed E-state index contributed by atoms with van der Waals surface area (Å²) in [6.45, 7) is 2.67. The van der Waals surface area contributed by atoms with Crippen molar-refractivity contribution in [3.05, 3.63) is 29.8 Å². The van der Waals surface area contributed by atoms with Crippen LogP contribution in [0.2, 0.25) is 0 Å². The van der Waals surface area contributed by atoms with Gasteiger partial charge in [-0.25, -0.2) is 0 Å². The Morgan fingerprint density at radius 2 is 2.23 bits per heavy atom. The lowest BCUT2D eigenvalue weighted by Gasteiger charge is -2.09. The number of hydrogen-bond donors (Lipinski definition) is 1. The second kappa shape index (κ2) is 5.04. The van der Waals surface area contributed by atoms with Crippen LogP contribution in [-0.4, -0.2) is 18.1 Å². The van der Waals surface area contributed by atoms with Crippen molar-refractivity contribution in [2.45, 2.75) is 17.1 Å². The summed E-state index contributed by atoms with van der Waals surface area (Å²) in [6.07, 6.45) is 0.881. The second-order valence-corrected chi connectivity index (χ2v) is 4.30. The highest BCUT2D eigenvalue weighted by Gasteiger charge is 2.05. The van der Waals surface area contributed by atoms with E-state index >= 15 is 0 Å². The fourth-order valence-electron chi connectivity index (χ4n) is 0.950. The molecule has 2 nitrogen and oxygen atoms in total. The number of aldehydes is 1. The molecule has 0 bridgehead atoms. The van der Waals surface area contributed by atoms with Crippen LogP contribution >= 0.6 is 11.8 Å². The first-order valence-electron chi connectivity index (χ1n) is 4.19. The van der Waals surface area contributed by atoms with Crippen LogP contribution < -0.4 is 5.73 Å². The number of thioether (sulfide) groups is 1. The van der Waals surface area contributed by atoms with Gasteiger partial charge < -0.3 is 5.73 Å². The molecule has 0 aliphatic carbocycles. The Bertz CT molecular complexity index is 288. The summed E-state index contributed by atoms with van der Waals surface area (Å²) in [5, 5.41) is 0.348. The zero-order valence-corrected chi connectivity index (χ0v) is 8.38. The Kier molecular flexibility index (Phi) is 3.99. The van der Waals surface area contributed by atoms with Crippen LogP contribution in [0.1, 0.15) is 17.3 Å². The van der Waals surface area contributed by atoms with E-state index < -0.39 is 0 Å². The monoisotopic (exact) mass is 195 g/mol. The minimum Gasteiger partial charge on any atom is -0.329 e. The largest absolute Gasteiger partial charge is 0.329 e. The third-order valence-electron chi connectivity index (χ3n) is 1.71. The molecule has 13 heavy (non-hydrogen) atoms. The van der Waals surface area contributed by atoms with Crippen molar-refractivity contribution < 1.29 is 4.79 Å². The molecule has 3 heteroatoms. The van der Waals surface area contributed by atoms with Crippen molar-refractivity contribution in [3.8, 4) is 0 Å². The molecule has 2 N–H and O–H groups in total. The second-order valence-electron chi connectivity index (χ2n) is 2.82. The molecular formula is C10H13NOS. The summed E-state index contributed by atoms with van der Waals surface area (Å²) in [6, 6.07) is 7.55. The highest BCUT2D eigenvalue weighted by Crippen LogP contribution is 2.24. The Morgan fingerprint density at radius 1 is 1.54 bits per heavy atom. The molecule has 0 aliphatic heterocycles. The fourth-order valence-corrected chi connectivity index (χ4v) is 1.89. The molecule has 1 rings (SSSR count). The van der Waals surface area contributed by atoms with Crippen LogP contribution in [0.25, 0.3) is 0 Å². The summed E-state index contributed by atoms with van der Waals surface area (Å²) >= 11 is 1.64. The quantitative estimate of drug-likeness (QED) is 0.589. The van der Waals surface area contributed by atoms with Crippen molar-refractivity contribution in [2.24, 2.45) is 5.73 Å². The van der Waals surface area contributed by atoms with Crippen LogP contribution in [0, 0.1) is 0 Å². The van der Waals surface area contributed by atoms with E-state index in [-0.39, 0.29) is 0 Å². The molecule has 0 aliphatic rings. The molecule has 0 heterocycles. The minimum atomic E-state index is 0.348. The fraction of sp³-hybridized carbons (Fsp3) is 0.300. The normalized spacial score (nSPS) is 12.5. The van der Waals surface area contributed by atoms with Crippen molar-refractivity contribution in [3.63, 3.8) is 0 Å².